The summed E-state index contributed by atoms with van der Waals surface area (Å²) in [5.41, 5.74) is 1.63. The Morgan fingerprint density at radius 3 is 2.84 bits per heavy atom. The molecule has 0 aromatic carbocycles. The number of hydrogen-bond acceptors (Lipinski definition) is 3. The molecule has 1 atom stereocenters. The van der Waals surface area contributed by atoms with Gasteiger partial charge in [0.05, 0.1) is 5.69 Å². The van der Waals surface area contributed by atoms with Crippen LogP contribution in [0.1, 0.15) is 49.3 Å². The number of aliphatic hydroxyl groups is 1. The molecule has 1 aliphatic heterocycles. The van der Waals surface area contributed by atoms with E-state index in [1.807, 2.05) is 17.9 Å². The number of carbonyl (C=O) groups is 1. The molecule has 1 aromatic heterocycles. The van der Waals surface area contributed by atoms with Gasteiger partial charge in [-0.25, -0.2) is 0 Å². The maximum Gasteiger partial charge on any atom is 0.272 e. The van der Waals surface area contributed by atoms with Crippen LogP contribution >= 0.6 is 0 Å². The third-order valence-electron chi connectivity index (χ3n) is 3.74. The molecule has 1 aromatic rings. The highest BCUT2D eigenvalue weighted by atomic mass is 16.3. The lowest BCUT2D eigenvalue weighted by Gasteiger charge is -2.16. The zero-order valence-corrected chi connectivity index (χ0v) is 12.0. The molecule has 106 valence electrons. The van der Waals surface area contributed by atoms with Crippen molar-refractivity contribution in [1.29, 1.82) is 0 Å². The zero-order chi connectivity index (χ0) is 14.0. The summed E-state index contributed by atoms with van der Waals surface area (Å²) in [7, 11) is 0. The van der Waals surface area contributed by atoms with Crippen LogP contribution in [0.5, 0.6) is 0 Å². The van der Waals surface area contributed by atoms with Gasteiger partial charge < -0.3 is 10.0 Å². The first-order valence-corrected chi connectivity index (χ1v) is 7.04. The summed E-state index contributed by atoms with van der Waals surface area (Å²) in [6.45, 7) is 8.40. The van der Waals surface area contributed by atoms with E-state index in [2.05, 4.69) is 18.9 Å². The SMILES string of the molecule is CCn1nc(C(C)C)cc1C(=O)N1CCC(CO)C1. The maximum atomic E-state index is 12.5. The fourth-order valence-electron chi connectivity index (χ4n) is 2.46. The van der Waals surface area contributed by atoms with Crippen LogP contribution < -0.4 is 0 Å². The van der Waals surface area contributed by atoms with Gasteiger partial charge in [0.25, 0.3) is 5.91 Å². The first-order valence-electron chi connectivity index (χ1n) is 7.04. The number of likely N-dealkylation sites (tertiary alicyclic amines) is 1. The van der Waals surface area contributed by atoms with Crippen LogP contribution in [0.3, 0.4) is 0 Å². The summed E-state index contributed by atoms with van der Waals surface area (Å²) >= 11 is 0. The standard InChI is InChI=1S/C14H23N3O2/c1-4-17-13(7-12(15-17)10(2)3)14(19)16-6-5-11(8-16)9-18/h7,10-11,18H,4-6,8-9H2,1-3H3. The van der Waals surface area contributed by atoms with E-state index in [9.17, 15) is 4.79 Å². The van der Waals surface area contributed by atoms with Crippen LogP contribution in [-0.4, -0.2) is 45.4 Å². The molecule has 0 saturated carbocycles. The third kappa shape index (κ3) is 2.81. The number of carbonyl (C=O) groups excluding carboxylic acids is 1. The second-order valence-corrected chi connectivity index (χ2v) is 5.51. The van der Waals surface area contributed by atoms with Crippen molar-refractivity contribution in [2.75, 3.05) is 19.7 Å². The lowest BCUT2D eigenvalue weighted by molar-refractivity contribution is 0.0769. The van der Waals surface area contributed by atoms with Crippen molar-refractivity contribution >= 4 is 5.91 Å². The molecule has 0 radical (unpaired) electrons. The summed E-state index contributed by atoms with van der Waals surface area (Å²) in [5, 5.41) is 13.6. The monoisotopic (exact) mass is 265 g/mol. The average Bonchev–Trinajstić information content (AvgIpc) is 3.04. The van der Waals surface area contributed by atoms with Gasteiger partial charge in [-0.1, -0.05) is 13.8 Å². The number of aryl methyl sites for hydroxylation is 1. The van der Waals surface area contributed by atoms with Crippen molar-refractivity contribution in [2.24, 2.45) is 5.92 Å². The van der Waals surface area contributed by atoms with Crippen LogP contribution in [-0.2, 0) is 6.54 Å². The average molecular weight is 265 g/mol. The van der Waals surface area contributed by atoms with Gasteiger partial charge in [-0.2, -0.15) is 5.10 Å². The Bertz CT molecular complexity index is 454. The van der Waals surface area contributed by atoms with Crippen LogP contribution in [0.25, 0.3) is 0 Å². The highest BCUT2D eigenvalue weighted by molar-refractivity contribution is 5.93. The second-order valence-electron chi connectivity index (χ2n) is 5.51. The highest BCUT2D eigenvalue weighted by Gasteiger charge is 2.28. The van der Waals surface area contributed by atoms with Crippen molar-refractivity contribution in [1.82, 2.24) is 14.7 Å². The first kappa shape index (κ1) is 14.1. The third-order valence-corrected chi connectivity index (χ3v) is 3.74. The molecule has 0 spiro atoms. The van der Waals surface area contributed by atoms with Crippen LogP contribution in [0.4, 0.5) is 0 Å². The summed E-state index contributed by atoms with van der Waals surface area (Å²) in [6, 6.07) is 1.91. The lowest BCUT2D eigenvalue weighted by atomic mass is 10.1. The Labute approximate surface area is 114 Å². The van der Waals surface area contributed by atoms with Crippen LogP contribution in [0.15, 0.2) is 6.07 Å². The fourth-order valence-corrected chi connectivity index (χ4v) is 2.46. The minimum Gasteiger partial charge on any atom is -0.396 e. The van der Waals surface area contributed by atoms with Gasteiger partial charge in [-0.3, -0.25) is 9.48 Å². The summed E-state index contributed by atoms with van der Waals surface area (Å²) in [5.74, 6) is 0.590. The minimum atomic E-state index is 0.0391. The van der Waals surface area contributed by atoms with Crippen molar-refractivity contribution in [3.63, 3.8) is 0 Å². The van der Waals surface area contributed by atoms with E-state index >= 15 is 0 Å². The lowest BCUT2D eigenvalue weighted by Crippen LogP contribution is -2.31. The zero-order valence-electron chi connectivity index (χ0n) is 12.0. The molecule has 1 amide bonds. The van der Waals surface area contributed by atoms with Crippen LogP contribution in [0, 0.1) is 5.92 Å². The number of aromatic nitrogens is 2. The van der Waals surface area contributed by atoms with E-state index in [0.29, 0.717) is 24.7 Å². The number of aliphatic hydroxyl groups excluding tert-OH is 1. The summed E-state index contributed by atoms with van der Waals surface area (Å²) in [4.78, 5) is 14.3. The Hall–Kier alpha value is -1.36. The summed E-state index contributed by atoms with van der Waals surface area (Å²) < 4.78 is 1.78. The van der Waals surface area contributed by atoms with Crippen molar-refractivity contribution in [3.8, 4) is 0 Å². The number of amides is 1. The van der Waals surface area contributed by atoms with Crippen molar-refractivity contribution in [3.05, 3.63) is 17.5 Å². The van der Waals surface area contributed by atoms with E-state index in [-0.39, 0.29) is 18.4 Å². The van der Waals surface area contributed by atoms with Gasteiger partial charge in [0.2, 0.25) is 0 Å². The van der Waals surface area contributed by atoms with E-state index in [1.54, 1.807) is 4.68 Å². The number of hydrogen-bond donors (Lipinski definition) is 1. The predicted octanol–water partition coefficient (Wildman–Crippen LogP) is 1.48. The molecule has 2 heterocycles. The quantitative estimate of drug-likeness (QED) is 0.897. The van der Waals surface area contributed by atoms with Gasteiger partial charge in [-0.05, 0) is 25.3 Å². The smallest absolute Gasteiger partial charge is 0.272 e. The summed E-state index contributed by atoms with van der Waals surface area (Å²) in [6.07, 6.45) is 0.888. The van der Waals surface area contributed by atoms with Crippen LogP contribution in [0.2, 0.25) is 0 Å². The minimum absolute atomic E-state index is 0.0391. The molecular weight excluding hydrogens is 242 g/mol. The predicted molar refractivity (Wildman–Crippen MR) is 73.1 cm³/mol. The Kier molecular flexibility index (Phi) is 4.24. The normalized spacial score (nSPS) is 19.4. The largest absolute Gasteiger partial charge is 0.396 e. The molecule has 1 aliphatic rings. The topological polar surface area (TPSA) is 58.4 Å². The molecule has 2 rings (SSSR count). The molecule has 1 fully saturated rings. The number of rotatable bonds is 4. The molecular formula is C14H23N3O2. The molecule has 1 saturated heterocycles. The fraction of sp³-hybridized carbons (Fsp3) is 0.714. The van der Waals surface area contributed by atoms with Gasteiger partial charge in [-0.15, -0.1) is 0 Å². The second kappa shape index (κ2) is 5.74. The highest BCUT2D eigenvalue weighted by Crippen LogP contribution is 2.20. The molecule has 1 unspecified atom stereocenters. The van der Waals surface area contributed by atoms with E-state index in [1.165, 1.54) is 0 Å². The molecule has 0 aliphatic carbocycles. The van der Waals surface area contributed by atoms with Gasteiger partial charge in [0, 0.05) is 32.2 Å². The molecule has 1 N–H and O–H groups in total. The Morgan fingerprint density at radius 1 is 1.58 bits per heavy atom. The van der Waals surface area contributed by atoms with E-state index in [0.717, 1.165) is 18.7 Å². The van der Waals surface area contributed by atoms with E-state index in [4.69, 9.17) is 5.11 Å². The first-order chi connectivity index (χ1) is 9.06. The molecule has 5 nitrogen and oxygen atoms in total. The molecule has 5 heteroatoms. The van der Waals surface area contributed by atoms with Gasteiger partial charge in [0.15, 0.2) is 0 Å². The Balaban J connectivity index is 2.19. The van der Waals surface area contributed by atoms with Gasteiger partial charge in [0.1, 0.15) is 5.69 Å². The van der Waals surface area contributed by atoms with Crippen molar-refractivity contribution in [2.45, 2.75) is 39.7 Å². The molecule has 19 heavy (non-hydrogen) atoms. The van der Waals surface area contributed by atoms with Crippen molar-refractivity contribution < 1.29 is 9.90 Å². The molecule has 0 bridgehead atoms. The van der Waals surface area contributed by atoms with E-state index < -0.39 is 0 Å². The Morgan fingerprint density at radius 2 is 2.32 bits per heavy atom. The number of nitrogens with zero attached hydrogens (tertiary/aromatic N) is 3. The maximum absolute atomic E-state index is 12.5. The van der Waals surface area contributed by atoms with Gasteiger partial charge >= 0.3 is 0 Å².